The molecule has 0 aromatic heterocycles. The van der Waals surface area contributed by atoms with Gasteiger partial charge in [-0.3, -0.25) is 0 Å². The fourth-order valence-electron chi connectivity index (χ4n) is 0.936. The van der Waals surface area contributed by atoms with Gasteiger partial charge in [0.2, 0.25) is 0 Å². The lowest BCUT2D eigenvalue weighted by molar-refractivity contribution is 0.0475. The monoisotopic (exact) mass is 130 g/mol. The van der Waals surface area contributed by atoms with Crippen LogP contribution in [0.2, 0.25) is 0 Å². The number of nitrogens with zero attached hydrogens (tertiary/aromatic N) is 2. The van der Waals surface area contributed by atoms with Crippen molar-refractivity contribution in [1.82, 2.24) is 5.01 Å². The quantitative estimate of drug-likeness (QED) is 0.491. The van der Waals surface area contributed by atoms with Crippen LogP contribution in [-0.4, -0.2) is 23.9 Å². The van der Waals surface area contributed by atoms with Crippen LogP contribution in [-0.2, 0) is 4.74 Å². The summed E-state index contributed by atoms with van der Waals surface area (Å²) in [4.78, 5) is 10.0. The summed E-state index contributed by atoms with van der Waals surface area (Å²) in [6.45, 7) is 4.32. The molecule has 0 spiro atoms. The van der Waals surface area contributed by atoms with Gasteiger partial charge < -0.3 is 4.74 Å². The molecule has 1 aliphatic rings. The van der Waals surface area contributed by atoms with Crippen LogP contribution in [0.4, 0.5) is 0 Å². The molecule has 4 nitrogen and oxygen atoms in total. The fraction of sp³-hybridized carbons (Fsp3) is 1.00. The van der Waals surface area contributed by atoms with E-state index in [-0.39, 0.29) is 12.3 Å². The van der Waals surface area contributed by atoms with Crippen molar-refractivity contribution in [3.63, 3.8) is 0 Å². The molecule has 1 aliphatic heterocycles. The Morgan fingerprint density at radius 1 is 1.67 bits per heavy atom. The number of nitroso groups, excluding NO2 is 1. The third-order valence-electron chi connectivity index (χ3n) is 1.50. The number of rotatable bonds is 1. The van der Waals surface area contributed by atoms with E-state index in [1.54, 1.807) is 0 Å². The molecule has 2 unspecified atom stereocenters. The molecule has 0 saturated carbocycles. The zero-order valence-corrected chi connectivity index (χ0v) is 5.57. The highest BCUT2D eigenvalue weighted by atomic mass is 16.5. The molecule has 52 valence electrons. The number of hydrogen-bond acceptors (Lipinski definition) is 3. The Labute approximate surface area is 53.7 Å². The second kappa shape index (κ2) is 2.31. The van der Waals surface area contributed by atoms with Crippen molar-refractivity contribution in [1.29, 1.82) is 0 Å². The van der Waals surface area contributed by atoms with Gasteiger partial charge in [-0.1, -0.05) is 0 Å². The summed E-state index contributed by atoms with van der Waals surface area (Å²) < 4.78 is 5.10. The zero-order valence-electron chi connectivity index (χ0n) is 5.57. The predicted octanol–water partition coefficient (Wildman–Crippen LogP) is 0.734. The third-order valence-corrected chi connectivity index (χ3v) is 1.50. The van der Waals surface area contributed by atoms with Crippen molar-refractivity contribution < 1.29 is 4.74 Å². The molecule has 0 amide bonds. The van der Waals surface area contributed by atoms with Gasteiger partial charge >= 0.3 is 0 Å². The first-order valence-corrected chi connectivity index (χ1v) is 2.99. The minimum atomic E-state index is -0.141. The van der Waals surface area contributed by atoms with Crippen molar-refractivity contribution in [3.05, 3.63) is 4.91 Å². The molecule has 0 bridgehead atoms. The van der Waals surface area contributed by atoms with Crippen LogP contribution in [0, 0.1) is 4.91 Å². The van der Waals surface area contributed by atoms with Crippen molar-refractivity contribution in [2.75, 3.05) is 6.61 Å². The Balaban J connectivity index is 2.54. The fourth-order valence-corrected chi connectivity index (χ4v) is 0.936. The Morgan fingerprint density at radius 2 is 2.33 bits per heavy atom. The van der Waals surface area contributed by atoms with Crippen LogP contribution in [0.5, 0.6) is 0 Å². The SMILES string of the molecule is CC1COC(C)N1N=O. The molecule has 9 heavy (non-hydrogen) atoms. The Bertz CT molecular complexity index is 108. The molecule has 4 heteroatoms. The Morgan fingerprint density at radius 3 is 2.56 bits per heavy atom. The van der Waals surface area contributed by atoms with Crippen LogP contribution in [0.15, 0.2) is 5.29 Å². The van der Waals surface area contributed by atoms with Crippen molar-refractivity contribution in [2.45, 2.75) is 26.1 Å². The molecule has 1 fully saturated rings. The summed E-state index contributed by atoms with van der Waals surface area (Å²) >= 11 is 0. The maximum absolute atomic E-state index is 10.0. The largest absolute Gasteiger partial charge is 0.355 e. The number of ether oxygens (including phenoxy) is 1. The van der Waals surface area contributed by atoms with Gasteiger partial charge in [0.25, 0.3) is 0 Å². The van der Waals surface area contributed by atoms with E-state index in [1.807, 2.05) is 13.8 Å². The van der Waals surface area contributed by atoms with E-state index in [0.29, 0.717) is 6.61 Å². The minimum absolute atomic E-state index is 0.137. The maximum Gasteiger partial charge on any atom is 0.146 e. The van der Waals surface area contributed by atoms with Gasteiger partial charge in [0.05, 0.1) is 17.9 Å². The first-order chi connectivity index (χ1) is 4.25. The van der Waals surface area contributed by atoms with Crippen molar-refractivity contribution >= 4 is 0 Å². The normalized spacial score (nSPS) is 35.1. The highest BCUT2D eigenvalue weighted by Gasteiger charge is 2.27. The molecule has 1 rings (SSSR count). The average Bonchev–Trinajstić information content (AvgIpc) is 2.12. The standard InChI is InChI=1S/C5H10N2O2/c1-4-3-9-5(2)7(4)6-8/h4-5H,3H2,1-2H3. The summed E-state index contributed by atoms with van der Waals surface area (Å²) in [6, 6.07) is 0.137. The first kappa shape index (κ1) is 6.48. The molecule has 0 aliphatic carbocycles. The summed E-state index contributed by atoms with van der Waals surface area (Å²) in [6.07, 6.45) is -0.141. The lowest BCUT2D eigenvalue weighted by Crippen LogP contribution is -2.27. The lowest BCUT2D eigenvalue weighted by atomic mass is 10.4. The second-order valence-electron chi connectivity index (χ2n) is 2.24. The van der Waals surface area contributed by atoms with Crippen molar-refractivity contribution in [2.24, 2.45) is 5.29 Å². The van der Waals surface area contributed by atoms with Crippen LogP contribution < -0.4 is 0 Å². The summed E-state index contributed by atoms with van der Waals surface area (Å²) in [5.41, 5.74) is 0. The topological polar surface area (TPSA) is 41.9 Å². The highest BCUT2D eigenvalue weighted by molar-refractivity contribution is 4.70. The van der Waals surface area contributed by atoms with E-state index in [4.69, 9.17) is 4.74 Å². The Kier molecular flexibility index (Phi) is 1.66. The van der Waals surface area contributed by atoms with E-state index in [1.165, 1.54) is 5.01 Å². The molecule has 0 aromatic carbocycles. The highest BCUT2D eigenvalue weighted by Crippen LogP contribution is 2.15. The van der Waals surface area contributed by atoms with Crippen LogP contribution >= 0.6 is 0 Å². The molecule has 1 saturated heterocycles. The zero-order chi connectivity index (χ0) is 6.85. The van der Waals surface area contributed by atoms with E-state index in [2.05, 4.69) is 5.29 Å². The minimum Gasteiger partial charge on any atom is -0.355 e. The summed E-state index contributed by atoms with van der Waals surface area (Å²) in [5.74, 6) is 0. The summed E-state index contributed by atoms with van der Waals surface area (Å²) in [5, 5.41) is 4.22. The van der Waals surface area contributed by atoms with Gasteiger partial charge in [0, 0.05) is 0 Å². The van der Waals surface area contributed by atoms with Gasteiger partial charge in [-0.2, -0.15) is 0 Å². The predicted molar refractivity (Wildman–Crippen MR) is 32.5 cm³/mol. The third kappa shape index (κ3) is 1.03. The molecule has 2 atom stereocenters. The van der Waals surface area contributed by atoms with Crippen LogP contribution in [0.1, 0.15) is 13.8 Å². The van der Waals surface area contributed by atoms with Gasteiger partial charge in [-0.25, -0.2) is 5.01 Å². The van der Waals surface area contributed by atoms with Crippen LogP contribution in [0.3, 0.4) is 0 Å². The molecular weight excluding hydrogens is 120 g/mol. The van der Waals surface area contributed by atoms with E-state index >= 15 is 0 Å². The molecule has 0 N–H and O–H groups in total. The maximum atomic E-state index is 10.0. The van der Waals surface area contributed by atoms with E-state index in [9.17, 15) is 4.91 Å². The smallest absolute Gasteiger partial charge is 0.146 e. The van der Waals surface area contributed by atoms with E-state index < -0.39 is 0 Å². The molecular formula is C5H10N2O2. The van der Waals surface area contributed by atoms with Gasteiger partial charge in [0.15, 0.2) is 0 Å². The molecule has 0 radical (unpaired) electrons. The Hall–Kier alpha value is -0.640. The van der Waals surface area contributed by atoms with Crippen LogP contribution in [0.25, 0.3) is 0 Å². The molecule has 1 heterocycles. The second-order valence-corrected chi connectivity index (χ2v) is 2.24. The number of hydrogen-bond donors (Lipinski definition) is 0. The van der Waals surface area contributed by atoms with Crippen molar-refractivity contribution in [3.8, 4) is 0 Å². The van der Waals surface area contributed by atoms with Gasteiger partial charge in [-0.15, -0.1) is 4.91 Å². The molecule has 0 aromatic rings. The summed E-state index contributed by atoms with van der Waals surface area (Å²) in [7, 11) is 0. The average molecular weight is 130 g/mol. The lowest BCUT2D eigenvalue weighted by Gasteiger charge is -2.14. The first-order valence-electron chi connectivity index (χ1n) is 2.99. The van der Waals surface area contributed by atoms with Gasteiger partial charge in [0.1, 0.15) is 6.23 Å². The van der Waals surface area contributed by atoms with Gasteiger partial charge in [-0.05, 0) is 13.8 Å². The van der Waals surface area contributed by atoms with E-state index in [0.717, 1.165) is 0 Å².